The van der Waals surface area contributed by atoms with E-state index in [2.05, 4.69) is 25.5 Å². The topological polar surface area (TPSA) is 82.1 Å². The lowest BCUT2D eigenvalue weighted by molar-refractivity contribution is -0.127. The molecule has 1 amide bonds. The minimum absolute atomic E-state index is 0.0135. The lowest BCUT2D eigenvalue weighted by Crippen LogP contribution is -2.49. The number of anilines is 1. The number of nitrogens with zero attached hydrogens (tertiary/aromatic N) is 4. The molecule has 28 heavy (non-hydrogen) atoms. The third-order valence-electron chi connectivity index (χ3n) is 4.64. The second kappa shape index (κ2) is 12.2. The Balaban J connectivity index is 1.84. The number of pyridine rings is 1. The number of hydrogen-bond donors (Lipinski definition) is 2. The van der Waals surface area contributed by atoms with Crippen molar-refractivity contribution in [3.05, 3.63) is 24.4 Å². The standard InChI is InChI=1S/C20H34N6O2/c1-4-28-15-7-12-22-20(23-16-19(27)25(2)3)24-17-9-13-26(14-10-17)18-8-5-6-11-21-18/h5-6,8,11,17H,4,7,9-10,12-16H2,1-3H3,(H2,22,23,24). The molecule has 1 aliphatic heterocycles. The summed E-state index contributed by atoms with van der Waals surface area (Å²) < 4.78 is 5.38. The summed E-state index contributed by atoms with van der Waals surface area (Å²) in [5, 5.41) is 6.82. The molecule has 1 saturated heterocycles. The molecule has 1 fully saturated rings. The van der Waals surface area contributed by atoms with Gasteiger partial charge in [-0.2, -0.15) is 0 Å². The molecule has 0 unspecified atom stereocenters. The van der Waals surface area contributed by atoms with Crippen LogP contribution >= 0.6 is 0 Å². The van der Waals surface area contributed by atoms with Crippen molar-refractivity contribution in [2.24, 2.45) is 4.99 Å². The number of aromatic nitrogens is 1. The van der Waals surface area contributed by atoms with Crippen molar-refractivity contribution >= 4 is 17.7 Å². The first-order valence-corrected chi connectivity index (χ1v) is 10.1. The number of ether oxygens (including phenoxy) is 1. The predicted molar refractivity (Wildman–Crippen MR) is 113 cm³/mol. The number of likely N-dealkylation sites (N-methyl/N-ethyl adjacent to an activating group) is 1. The van der Waals surface area contributed by atoms with Crippen LogP contribution < -0.4 is 15.5 Å². The zero-order valence-electron chi connectivity index (χ0n) is 17.4. The lowest BCUT2D eigenvalue weighted by Gasteiger charge is -2.33. The van der Waals surface area contributed by atoms with Crippen LogP contribution in [0.15, 0.2) is 29.4 Å². The number of rotatable bonds is 9. The zero-order valence-corrected chi connectivity index (χ0v) is 17.4. The second-order valence-corrected chi connectivity index (χ2v) is 7.02. The number of carbonyl (C=O) groups excluding carboxylic acids is 1. The van der Waals surface area contributed by atoms with Crippen LogP contribution in [0.25, 0.3) is 0 Å². The molecule has 0 radical (unpaired) electrons. The SMILES string of the molecule is CCOCCCNC(=NCC(=O)N(C)C)NC1CCN(c2ccccn2)CC1. The average Bonchev–Trinajstić information content (AvgIpc) is 2.72. The second-order valence-electron chi connectivity index (χ2n) is 7.02. The van der Waals surface area contributed by atoms with Gasteiger partial charge in [0.05, 0.1) is 0 Å². The Labute approximate surface area is 168 Å². The molecule has 156 valence electrons. The van der Waals surface area contributed by atoms with E-state index in [1.165, 1.54) is 0 Å². The number of aliphatic imine (C=N–C) groups is 1. The van der Waals surface area contributed by atoms with Gasteiger partial charge in [0.15, 0.2) is 5.96 Å². The van der Waals surface area contributed by atoms with E-state index >= 15 is 0 Å². The van der Waals surface area contributed by atoms with Gasteiger partial charge >= 0.3 is 0 Å². The van der Waals surface area contributed by atoms with Gasteiger partial charge in [-0.3, -0.25) is 4.79 Å². The summed E-state index contributed by atoms with van der Waals surface area (Å²) in [5.74, 6) is 1.71. The van der Waals surface area contributed by atoms with Crippen molar-refractivity contribution in [1.29, 1.82) is 0 Å². The summed E-state index contributed by atoms with van der Waals surface area (Å²) in [4.78, 5) is 24.7. The Bertz CT molecular complexity index is 600. The smallest absolute Gasteiger partial charge is 0.243 e. The zero-order chi connectivity index (χ0) is 20.2. The van der Waals surface area contributed by atoms with Gasteiger partial charge in [-0.15, -0.1) is 0 Å². The molecule has 0 saturated carbocycles. The van der Waals surface area contributed by atoms with Crippen molar-refractivity contribution in [3.63, 3.8) is 0 Å². The summed E-state index contributed by atoms with van der Waals surface area (Å²) in [5.41, 5.74) is 0. The molecular weight excluding hydrogens is 356 g/mol. The van der Waals surface area contributed by atoms with Crippen molar-refractivity contribution in [2.45, 2.75) is 32.2 Å². The Morgan fingerprint density at radius 1 is 1.36 bits per heavy atom. The monoisotopic (exact) mass is 390 g/mol. The minimum atomic E-state index is -0.0135. The highest BCUT2D eigenvalue weighted by Gasteiger charge is 2.21. The van der Waals surface area contributed by atoms with E-state index in [0.29, 0.717) is 12.0 Å². The van der Waals surface area contributed by atoms with Gasteiger partial charge in [0.2, 0.25) is 5.91 Å². The van der Waals surface area contributed by atoms with Crippen LogP contribution in [-0.2, 0) is 9.53 Å². The van der Waals surface area contributed by atoms with Crippen LogP contribution in [0.3, 0.4) is 0 Å². The van der Waals surface area contributed by atoms with Gasteiger partial charge in [-0.1, -0.05) is 6.07 Å². The number of guanidine groups is 1. The van der Waals surface area contributed by atoms with Crippen LogP contribution in [0.1, 0.15) is 26.2 Å². The molecular formula is C20H34N6O2. The molecule has 2 rings (SSSR count). The maximum absolute atomic E-state index is 11.9. The van der Waals surface area contributed by atoms with Crippen LogP contribution in [0.2, 0.25) is 0 Å². The van der Waals surface area contributed by atoms with E-state index in [-0.39, 0.29) is 12.5 Å². The molecule has 1 aromatic heterocycles. The highest BCUT2D eigenvalue weighted by Crippen LogP contribution is 2.17. The van der Waals surface area contributed by atoms with E-state index in [1.54, 1.807) is 19.0 Å². The average molecular weight is 391 g/mol. The highest BCUT2D eigenvalue weighted by molar-refractivity contribution is 5.84. The molecule has 1 aromatic rings. The summed E-state index contributed by atoms with van der Waals surface area (Å²) in [6, 6.07) is 6.33. The molecule has 8 heteroatoms. The molecule has 0 bridgehead atoms. The summed E-state index contributed by atoms with van der Waals surface area (Å²) in [7, 11) is 3.49. The Morgan fingerprint density at radius 2 is 2.14 bits per heavy atom. The fraction of sp³-hybridized carbons (Fsp3) is 0.650. The van der Waals surface area contributed by atoms with Crippen LogP contribution in [-0.4, -0.2) is 81.3 Å². The maximum Gasteiger partial charge on any atom is 0.243 e. The van der Waals surface area contributed by atoms with E-state index in [4.69, 9.17) is 4.74 Å². The third kappa shape index (κ3) is 7.72. The maximum atomic E-state index is 11.9. The largest absolute Gasteiger partial charge is 0.382 e. The van der Waals surface area contributed by atoms with Gasteiger partial charge < -0.3 is 25.2 Å². The third-order valence-corrected chi connectivity index (χ3v) is 4.64. The number of hydrogen-bond acceptors (Lipinski definition) is 5. The Kier molecular flexibility index (Phi) is 9.54. The fourth-order valence-corrected chi connectivity index (χ4v) is 2.95. The molecule has 0 aliphatic carbocycles. The number of piperidine rings is 1. The molecule has 8 nitrogen and oxygen atoms in total. The number of carbonyl (C=O) groups is 1. The Morgan fingerprint density at radius 3 is 2.79 bits per heavy atom. The van der Waals surface area contributed by atoms with E-state index in [1.807, 2.05) is 31.3 Å². The van der Waals surface area contributed by atoms with Crippen LogP contribution in [0, 0.1) is 0 Å². The lowest BCUT2D eigenvalue weighted by atomic mass is 10.1. The van der Waals surface area contributed by atoms with Gasteiger partial charge in [0, 0.05) is 59.2 Å². The van der Waals surface area contributed by atoms with Crippen LogP contribution in [0.4, 0.5) is 5.82 Å². The summed E-state index contributed by atoms with van der Waals surface area (Å²) >= 11 is 0. The molecule has 0 spiro atoms. The number of nitrogens with one attached hydrogen (secondary N) is 2. The summed E-state index contributed by atoms with van der Waals surface area (Å²) in [6.45, 7) is 6.23. The first-order chi connectivity index (χ1) is 13.6. The van der Waals surface area contributed by atoms with Gasteiger partial charge in [-0.25, -0.2) is 9.98 Å². The van der Waals surface area contributed by atoms with Crippen molar-refractivity contribution in [2.75, 3.05) is 58.4 Å². The fourth-order valence-electron chi connectivity index (χ4n) is 2.95. The van der Waals surface area contributed by atoms with Crippen LogP contribution in [0.5, 0.6) is 0 Å². The first kappa shape index (κ1) is 21.9. The van der Waals surface area contributed by atoms with E-state index < -0.39 is 0 Å². The van der Waals surface area contributed by atoms with Crippen molar-refractivity contribution in [3.8, 4) is 0 Å². The van der Waals surface area contributed by atoms with E-state index in [9.17, 15) is 4.79 Å². The predicted octanol–water partition coefficient (Wildman–Crippen LogP) is 1.10. The molecule has 1 aliphatic rings. The molecule has 2 N–H and O–H groups in total. The first-order valence-electron chi connectivity index (χ1n) is 10.1. The molecule has 2 heterocycles. The minimum Gasteiger partial charge on any atom is -0.382 e. The van der Waals surface area contributed by atoms with Gasteiger partial charge in [-0.05, 0) is 38.3 Å². The molecule has 0 aromatic carbocycles. The van der Waals surface area contributed by atoms with Crippen molar-refractivity contribution in [1.82, 2.24) is 20.5 Å². The highest BCUT2D eigenvalue weighted by atomic mass is 16.5. The van der Waals surface area contributed by atoms with E-state index in [0.717, 1.165) is 57.9 Å². The summed E-state index contributed by atoms with van der Waals surface area (Å²) in [6.07, 6.45) is 4.72. The Hall–Kier alpha value is -2.35. The van der Waals surface area contributed by atoms with Gasteiger partial charge in [0.25, 0.3) is 0 Å². The normalized spacial score (nSPS) is 15.4. The molecule has 0 atom stereocenters. The van der Waals surface area contributed by atoms with Crippen molar-refractivity contribution < 1.29 is 9.53 Å². The van der Waals surface area contributed by atoms with Gasteiger partial charge in [0.1, 0.15) is 12.4 Å². The number of amides is 1. The quantitative estimate of drug-likeness (QED) is 0.373.